The zero-order valence-electron chi connectivity index (χ0n) is 20.6. The lowest BCUT2D eigenvalue weighted by atomic mass is 9.50. The second-order valence-corrected chi connectivity index (χ2v) is 11.4. The van der Waals surface area contributed by atoms with Gasteiger partial charge in [-0.25, -0.2) is 15.0 Å². The van der Waals surface area contributed by atoms with E-state index < -0.39 is 0 Å². The number of H-pyrrole nitrogens is 1. The number of hydrogen-bond acceptors (Lipinski definition) is 5. The maximum Gasteiger partial charge on any atom is 0.254 e. The fraction of sp³-hybridized carbons (Fsp3) is 0.500. The lowest BCUT2D eigenvalue weighted by Crippen LogP contribution is -2.62. The number of carbonyl (C=O) groups excluding carboxylic acids is 1. The van der Waals surface area contributed by atoms with Crippen LogP contribution in [0.2, 0.25) is 0 Å². The predicted molar refractivity (Wildman–Crippen MR) is 136 cm³/mol. The molecule has 1 amide bonds. The van der Waals surface area contributed by atoms with Crippen LogP contribution in [0.4, 0.5) is 0 Å². The third-order valence-electron chi connectivity index (χ3n) is 9.49. The zero-order chi connectivity index (χ0) is 23.9. The molecule has 7 rings (SSSR count). The molecule has 0 saturated carbocycles. The summed E-state index contributed by atoms with van der Waals surface area (Å²) in [5.74, 6) is 0.960. The van der Waals surface area contributed by atoms with Gasteiger partial charge in [0.2, 0.25) is 0 Å². The van der Waals surface area contributed by atoms with Gasteiger partial charge in [-0.15, -0.1) is 0 Å². The number of aromatic amines is 1. The van der Waals surface area contributed by atoms with Gasteiger partial charge in [0.25, 0.3) is 5.91 Å². The molecule has 2 aromatic rings. The Morgan fingerprint density at radius 1 is 1.23 bits per heavy atom. The van der Waals surface area contributed by atoms with E-state index in [0.29, 0.717) is 0 Å². The molecule has 0 spiro atoms. The molecule has 1 aromatic carbocycles. The van der Waals surface area contributed by atoms with E-state index in [0.717, 1.165) is 79.1 Å². The molecule has 0 unspecified atom stereocenters. The molecular formula is C28H31N5O2. The Kier molecular flexibility index (Phi) is 4.39. The number of aliphatic imine (C=N–C) groups is 2. The smallest absolute Gasteiger partial charge is 0.254 e. The number of piperidine rings is 1. The molecule has 3 atom stereocenters. The van der Waals surface area contributed by atoms with Crippen LogP contribution in [0.25, 0.3) is 11.0 Å². The van der Waals surface area contributed by atoms with Gasteiger partial charge in [0.1, 0.15) is 6.10 Å². The summed E-state index contributed by atoms with van der Waals surface area (Å²) in [7, 11) is 0. The number of aromatic nitrogens is 2. The molecule has 0 radical (unpaired) electrons. The van der Waals surface area contributed by atoms with Crippen molar-refractivity contribution in [3.63, 3.8) is 0 Å². The number of nitrogens with zero attached hydrogens (tertiary/aromatic N) is 4. The quantitative estimate of drug-likeness (QED) is 0.684. The molecule has 2 fully saturated rings. The molecule has 2 bridgehead atoms. The molecule has 35 heavy (non-hydrogen) atoms. The molecule has 2 saturated heterocycles. The second-order valence-electron chi connectivity index (χ2n) is 11.4. The minimum absolute atomic E-state index is 0.0178. The van der Waals surface area contributed by atoms with Crippen LogP contribution in [0, 0.1) is 10.8 Å². The second kappa shape index (κ2) is 7.23. The Morgan fingerprint density at radius 3 is 2.94 bits per heavy atom. The summed E-state index contributed by atoms with van der Waals surface area (Å²) in [6.45, 7) is 8.64. The average molecular weight is 470 g/mol. The van der Waals surface area contributed by atoms with E-state index in [2.05, 4.69) is 41.7 Å². The first-order valence-corrected chi connectivity index (χ1v) is 12.8. The maximum absolute atomic E-state index is 13.8. The Labute approximate surface area is 205 Å². The molecule has 7 heteroatoms. The van der Waals surface area contributed by atoms with Gasteiger partial charge in [0.05, 0.1) is 28.8 Å². The number of carbonyl (C=O) groups is 1. The van der Waals surface area contributed by atoms with E-state index in [9.17, 15) is 4.79 Å². The first-order valence-electron chi connectivity index (χ1n) is 12.8. The van der Waals surface area contributed by atoms with Crippen LogP contribution in [-0.4, -0.2) is 57.6 Å². The van der Waals surface area contributed by atoms with Gasteiger partial charge >= 0.3 is 0 Å². The van der Waals surface area contributed by atoms with Crippen molar-refractivity contribution in [3.8, 4) is 0 Å². The molecule has 180 valence electrons. The first kappa shape index (κ1) is 21.2. The third-order valence-corrected chi connectivity index (χ3v) is 9.49. The highest BCUT2D eigenvalue weighted by Crippen LogP contribution is 2.61. The molecule has 2 aliphatic carbocycles. The van der Waals surface area contributed by atoms with Crippen LogP contribution in [0.15, 0.2) is 57.4 Å². The Bertz CT molecular complexity index is 1390. The van der Waals surface area contributed by atoms with E-state index in [-0.39, 0.29) is 28.9 Å². The fourth-order valence-electron chi connectivity index (χ4n) is 6.98. The molecule has 7 nitrogen and oxygen atoms in total. The fourth-order valence-corrected chi connectivity index (χ4v) is 6.98. The van der Waals surface area contributed by atoms with Crippen molar-refractivity contribution in [2.24, 2.45) is 20.8 Å². The Morgan fingerprint density at radius 2 is 2.11 bits per heavy atom. The molecule has 1 N–H and O–H groups in total. The average Bonchev–Trinajstić information content (AvgIpc) is 3.60. The van der Waals surface area contributed by atoms with Crippen LogP contribution < -0.4 is 0 Å². The highest BCUT2D eigenvalue weighted by Gasteiger charge is 2.58. The van der Waals surface area contributed by atoms with Crippen molar-refractivity contribution >= 4 is 28.5 Å². The van der Waals surface area contributed by atoms with Crippen LogP contribution in [0.5, 0.6) is 0 Å². The SMILES string of the molecule is CC1(C)[C@H]2CC3=C(C=C4N=C([C@@H]5CCCO5)N=C4C3)[C@]1(C)CCN2C(=O)c1ccc2nc[nH]c2c1. The standard InChI is InChI=1S/C28H31N5O2/c1-27(2)24-13-17-12-21-22(32-25(31-21)23-5-4-10-35-23)14-18(17)28(27,3)8-9-33(24)26(34)16-6-7-19-20(11-16)30-15-29-19/h6-7,11,14-15,23-24H,4-5,8-10,12-13H2,1-3H3,(H,29,30)/t23-,24+,28-/m0/s1. The van der Waals surface area contributed by atoms with Crippen LogP contribution in [0.3, 0.4) is 0 Å². The van der Waals surface area contributed by atoms with Gasteiger partial charge < -0.3 is 14.6 Å². The van der Waals surface area contributed by atoms with E-state index in [1.54, 1.807) is 6.33 Å². The summed E-state index contributed by atoms with van der Waals surface area (Å²) >= 11 is 0. The number of rotatable bonds is 2. The number of likely N-dealkylation sites (tertiary alicyclic amines) is 1. The van der Waals surface area contributed by atoms with Crippen LogP contribution in [-0.2, 0) is 4.74 Å². The lowest BCUT2D eigenvalue weighted by molar-refractivity contribution is -0.0461. The topological polar surface area (TPSA) is 82.9 Å². The van der Waals surface area contributed by atoms with Crippen molar-refractivity contribution in [1.82, 2.24) is 14.9 Å². The van der Waals surface area contributed by atoms with Crippen LogP contribution in [0.1, 0.15) is 63.2 Å². The number of fused-ring (bicyclic) bond motifs is 5. The van der Waals surface area contributed by atoms with Crippen molar-refractivity contribution in [2.75, 3.05) is 13.2 Å². The van der Waals surface area contributed by atoms with Crippen molar-refractivity contribution in [2.45, 2.75) is 65.0 Å². The molecule has 5 aliphatic rings. The van der Waals surface area contributed by atoms with E-state index >= 15 is 0 Å². The highest BCUT2D eigenvalue weighted by atomic mass is 16.5. The van der Waals surface area contributed by atoms with Gasteiger partial charge in [-0.1, -0.05) is 26.3 Å². The largest absolute Gasteiger partial charge is 0.370 e. The van der Waals surface area contributed by atoms with Crippen molar-refractivity contribution in [1.29, 1.82) is 0 Å². The van der Waals surface area contributed by atoms with Gasteiger partial charge in [-0.3, -0.25) is 4.79 Å². The Hall–Kier alpha value is -3.06. The summed E-state index contributed by atoms with van der Waals surface area (Å²) in [5, 5.41) is 0. The van der Waals surface area contributed by atoms with E-state index in [1.165, 1.54) is 11.1 Å². The van der Waals surface area contributed by atoms with Gasteiger partial charge in [0, 0.05) is 36.6 Å². The highest BCUT2D eigenvalue weighted by molar-refractivity contribution is 6.16. The van der Waals surface area contributed by atoms with Crippen molar-refractivity contribution < 1.29 is 9.53 Å². The van der Waals surface area contributed by atoms with Crippen LogP contribution >= 0.6 is 0 Å². The van der Waals surface area contributed by atoms with Gasteiger partial charge in [0.15, 0.2) is 5.84 Å². The molecule has 1 aromatic heterocycles. The monoisotopic (exact) mass is 469 g/mol. The summed E-state index contributed by atoms with van der Waals surface area (Å²) in [6.07, 6.45) is 8.75. The summed E-state index contributed by atoms with van der Waals surface area (Å²) < 4.78 is 5.86. The molecule has 3 aliphatic heterocycles. The maximum atomic E-state index is 13.8. The first-order chi connectivity index (χ1) is 16.8. The van der Waals surface area contributed by atoms with Crippen molar-refractivity contribution in [3.05, 3.63) is 53.0 Å². The normalized spacial score (nSPS) is 31.2. The van der Waals surface area contributed by atoms with E-state index in [1.807, 2.05) is 18.2 Å². The summed E-state index contributed by atoms with van der Waals surface area (Å²) in [4.78, 5) is 33.2. The predicted octanol–water partition coefficient (Wildman–Crippen LogP) is 4.83. The summed E-state index contributed by atoms with van der Waals surface area (Å²) in [6, 6.07) is 5.91. The minimum Gasteiger partial charge on any atom is -0.370 e. The van der Waals surface area contributed by atoms with Gasteiger partial charge in [-0.2, -0.15) is 0 Å². The molecular weight excluding hydrogens is 438 g/mol. The molecule has 4 heterocycles. The van der Waals surface area contributed by atoms with E-state index in [4.69, 9.17) is 14.7 Å². The number of amidine groups is 1. The number of amides is 1. The zero-order valence-corrected chi connectivity index (χ0v) is 20.6. The number of allylic oxidation sites excluding steroid dienone is 3. The third kappa shape index (κ3) is 2.94. The number of imidazole rings is 1. The summed E-state index contributed by atoms with van der Waals surface area (Å²) in [5.41, 5.74) is 7.36. The number of benzene rings is 1. The number of ether oxygens (including phenoxy) is 1. The Balaban J connectivity index is 1.23. The minimum atomic E-state index is -0.0662. The lowest BCUT2D eigenvalue weighted by Gasteiger charge is -2.61. The number of nitrogens with one attached hydrogen (secondary N) is 1. The number of hydrogen-bond donors (Lipinski definition) is 1. The van der Waals surface area contributed by atoms with Gasteiger partial charge in [-0.05, 0) is 60.9 Å².